The normalized spacial score (nSPS) is 17.9. The van der Waals surface area contributed by atoms with Crippen molar-refractivity contribution < 1.29 is 19.0 Å². The molecule has 3 aromatic heterocycles. The van der Waals surface area contributed by atoms with Crippen molar-refractivity contribution >= 4 is 34.0 Å². The van der Waals surface area contributed by atoms with E-state index >= 15 is 4.39 Å². The SMILES string of the molecule is COC1CCCN(C(=O)c2ccc(-c3cc(Nc4ccc(N5CCC(O)CC5)cn4)c4c(=O)[nH]ccc4n3)c(F)c2)C1. The molecule has 1 unspecified atom stereocenters. The Hall–Kier alpha value is -4.35. The second-order valence-corrected chi connectivity index (χ2v) is 10.8. The van der Waals surface area contributed by atoms with Crippen LogP contribution in [0, 0.1) is 5.82 Å². The number of rotatable bonds is 6. The Morgan fingerprint density at radius 1 is 1.12 bits per heavy atom. The van der Waals surface area contributed by atoms with Crippen LogP contribution in [0.4, 0.5) is 21.6 Å². The monoisotopic (exact) mass is 572 g/mol. The lowest BCUT2D eigenvalue weighted by Gasteiger charge is -2.32. The fourth-order valence-electron chi connectivity index (χ4n) is 5.69. The highest BCUT2D eigenvalue weighted by Crippen LogP contribution is 2.31. The zero-order valence-corrected chi connectivity index (χ0v) is 23.3. The van der Waals surface area contributed by atoms with E-state index in [2.05, 4.69) is 25.2 Å². The van der Waals surface area contributed by atoms with Crippen molar-refractivity contribution in [1.82, 2.24) is 19.9 Å². The van der Waals surface area contributed by atoms with Gasteiger partial charge >= 0.3 is 0 Å². The molecule has 0 radical (unpaired) electrons. The lowest BCUT2D eigenvalue weighted by atomic mass is 10.0. The molecule has 1 aromatic carbocycles. The van der Waals surface area contributed by atoms with Gasteiger partial charge in [-0.2, -0.15) is 0 Å². The number of hydrogen-bond acceptors (Lipinski definition) is 8. The number of piperidine rings is 2. The molecule has 1 atom stereocenters. The number of likely N-dealkylation sites (tertiary alicyclic amines) is 1. The van der Waals surface area contributed by atoms with E-state index < -0.39 is 5.82 Å². The summed E-state index contributed by atoms with van der Waals surface area (Å²) >= 11 is 0. The molecule has 6 rings (SSSR count). The highest BCUT2D eigenvalue weighted by molar-refractivity contribution is 5.96. The lowest BCUT2D eigenvalue weighted by molar-refractivity contribution is 0.0268. The molecule has 11 heteroatoms. The second-order valence-electron chi connectivity index (χ2n) is 10.8. The second kappa shape index (κ2) is 11.9. The third kappa shape index (κ3) is 5.70. The number of aliphatic hydroxyl groups is 1. The van der Waals surface area contributed by atoms with Crippen LogP contribution in [0.25, 0.3) is 22.2 Å². The zero-order valence-electron chi connectivity index (χ0n) is 23.3. The fourth-order valence-corrected chi connectivity index (χ4v) is 5.69. The summed E-state index contributed by atoms with van der Waals surface area (Å²) in [5.41, 5.74) is 2.21. The maximum Gasteiger partial charge on any atom is 0.259 e. The molecule has 2 fully saturated rings. The van der Waals surface area contributed by atoms with Crippen molar-refractivity contribution in [2.45, 2.75) is 37.9 Å². The van der Waals surface area contributed by atoms with E-state index in [-0.39, 0.29) is 34.8 Å². The highest BCUT2D eigenvalue weighted by atomic mass is 19.1. The number of nitrogens with one attached hydrogen (secondary N) is 2. The number of pyridine rings is 3. The number of aromatic amines is 1. The predicted octanol–water partition coefficient (Wildman–Crippen LogP) is 4.08. The Morgan fingerprint density at radius 3 is 2.69 bits per heavy atom. The molecule has 5 heterocycles. The predicted molar refractivity (Wildman–Crippen MR) is 159 cm³/mol. The molecule has 10 nitrogen and oxygen atoms in total. The molecule has 0 aliphatic carbocycles. The van der Waals surface area contributed by atoms with E-state index in [9.17, 15) is 14.7 Å². The molecule has 218 valence electrons. The molecule has 0 saturated carbocycles. The number of anilines is 3. The maximum atomic E-state index is 15.5. The fraction of sp³-hybridized carbons (Fsp3) is 0.355. The molecule has 0 bridgehead atoms. The minimum Gasteiger partial charge on any atom is -0.393 e. The molecule has 0 spiro atoms. The number of ether oxygens (including phenoxy) is 1. The van der Waals surface area contributed by atoms with Crippen molar-refractivity contribution in [3.05, 3.63) is 76.6 Å². The number of amides is 1. The number of carbonyl (C=O) groups is 1. The van der Waals surface area contributed by atoms with Crippen LogP contribution in [-0.2, 0) is 4.74 Å². The number of aliphatic hydroxyl groups excluding tert-OH is 1. The molecule has 2 aliphatic rings. The summed E-state index contributed by atoms with van der Waals surface area (Å²) < 4.78 is 21.0. The van der Waals surface area contributed by atoms with Gasteiger partial charge in [0.05, 0.1) is 46.4 Å². The highest BCUT2D eigenvalue weighted by Gasteiger charge is 2.25. The van der Waals surface area contributed by atoms with Crippen LogP contribution in [-0.4, -0.2) is 76.4 Å². The van der Waals surface area contributed by atoms with Crippen molar-refractivity contribution in [2.24, 2.45) is 0 Å². The van der Waals surface area contributed by atoms with E-state index in [1.54, 1.807) is 42.5 Å². The van der Waals surface area contributed by atoms with E-state index in [1.807, 2.05) is 12.1 Å². The molecule has 1 amide bonds. The Bertz CT molecular complexity index is 1650. The average Bonchev–Trinajstić information content (AvgIpc) is 3.01. The molecule has 2 saturated heterocycles. The van der Waals surface area contributed by atoms with Gasteiger partial charge in [-0.05, 0) is 68.1 Å². The number of hydrogen-bond donors (Lipinski definition) is 3. The van der Waals surface area contributed by atoms with E-state index in [0.717, 1.165) is 31.6 Å². The Labute approximate surface area is 242 Å². The van der Waals surface area contributed by atoms with E-state index in [0.29, 0.717) is 54.0 Å². The largest absolute Gasteiger partial charge is 0.393 e. The summed E-state index contributed by atoms with van der Waals surface area (Å²) in [6.07, 6.45) is 6.12. The lowest BCUT2D eigenvalue weighted by Crippen LogP contribution is -2.42. The van der Waals surface area contributed by atoms with Gasteiger partial charge in [0.15, 0.2) is 0 Å². The summed E-state index contributed by atoms with van der Waals surface area (Å²) in [7, 11) is 1.63. The summed E-state index contributed by atoms with van der Waals surface area (Å²) in [4.78, 5) is 41.5. The van der Waals surface area contributed by atoms with Crippen molar-refractivity contribution in [1.29, 1.82) is 0 Å². The first kappa shape index (κ1) is 27.8. The average molecular weight is 573 g/mol. The van der Waals surface area contributed by atoms with Gasteiger partial charge in [0.2, 0.25) is 0 Å². The third-order valence-electron chi connectivity index (χ3n) is 8.06. The van der Waals surface area contributed by atoms with Crippen molar-refractivity contribution in [3.63, 3.8) is 0 Å². The number of nitrogens with zero attached hydrogens (tertiary/aromatic N) is 4. The van der Waals surface area contributed by atoms with Crippen LogP contribution in [0.2, 0.25) is 0 Å². The quantitative estimate of drug-likeness (QED) is 0.316. The van der Waals surface area contributed by atoms with Gasteiger partial charge in [0, 0.05) is 50.6 Å². The van der Waals surface area contributed by atoms with Crippen LogP contribution in [0.15, 0.2) is 59.7 Å². The van der Waals surface area contributed by atoms with Gasteiger partial charge in [-0.1, -0.05) is 0 Å². The number of halogens is 1. The van der Waals surface area contributed by atoms with Gasteiger partial charge in [0.25, 0.3) is 11.5 Å². The molecular formula is C31H33FN6O4. The van der Waals surface area contributed by atoms with Gasteiger partial charge in [-0.15, -0.1) is 0 Å². The van der Waals surface area contributed by atoms with Crippen LogP contribution in [0.3, 0.4) is 0 Å². The van der Waals surface area contributed by atoms with Gasteiger partial charge in [-0.25, -0.2) is 14.4 Å². The molecular weight excluding hydrogens is 539 g/mol. The molecule has 42 heavy (non-hydrogen) atoms. The first-order valence-corrected chi connectivity index (χ1v) is 14.2. The Balaban J connectivity index is 1.29. The topological polar surface area (TPSA) is 124 Å². The first-order chi connectivity index (χ1) is 20.4. The van der Waals surface area contributed by atoms with Gasteiger partial charge in [-0.3, -0.25) is 9.59 Å². The third-order valence-corrected chi connectivity index (χ3v) is 8.06. The van der Waals surface area contributed by atoms with E-state index in [4.69, 9.17) is 4.74 Å². The first-order valence-electron chi connectivity index (χ1n) is 14.2. The smallest absolute Gasteiger partial charge is 0.259 e. The van der Waals surface area contributed by atoms with Gasteiger partial charge < -0.3 is 29.9 Å². The molecule has 4 aromatic rings. The number of methoxy groups -OCH3 is 1. The minimum absolute atomic E-state index is 0.0211. The number of benzene rings is 1. The summed E-state index contributed by atoms with van der Waals surface area (Å²) in [6, 6.07) is 11.4. The van der Waals surface area contributed by atoms with Crippen LogP contribution in [0.1, 0.15) is 36.0 Å². The van der Waals surface area contributed by atoms with Crippen LogP contribution < -0.4 is 15.8 Å². The number of aromatic nitrogens is 3. The van der Waals surface area contributed by atoms with E-state index in [1.165, 1.54) is 12.3 Å². The summed E-state index contributed by atoms with van der Waals surface area (Å²) in [5.74, 6) is -0.314. The van der Waals surface area contributed by atoms with Crippen molar-refractivity contribution in [2.75, 3.05) is 43.5 Å². The summed E-state index contributed by atoms with van der Waals surface area (Å²) in [5, 5.41) is 13.3. The number of H-pyrrole nitrogens is 1. The van der Waals surface area contributed by atoms with Crippen LogP contribution in [0.5, 0.6) is 0 Å². The maximum absolute atomic E-state index is 15.5. The minimum atomic E-state index is -0.585. The number of fused-ring (bicyclic) bond motifs is 1. The standard InChI is InChI=1S/C31H33FN6O4/c1-42-22-3-2-12-38(18-22)31(41)19-4-6-23(24(32)15-19)26-16-27(29-25(35-26)8-11-33-30(29)40)36-28-7-5-20(17-34-28)37-13-9-21(39)10-14-37/h4-8,11,15-17,21-22,39H,2-3,9-10,12-14,18H2,1H3,(H,33,40)(H,34,35,36). The molecule has 3 N–H and O–H groups in total. The van der Waals surface area contributed by atoms with Crippen LogP contribution >= 0.6 is 0 Å². The Kier molecular flexibility index (Phi) is 7.86. The molecule has 2 aliphatic heterocycles. The zero-order chi connectivity index (χ0) is 29.2. The van der Waals surface area contributed by atoms with Gasteiger partial charge in [0.1, 0.15) is 11.6 Å². The number of carbonyl (C=O) groups excluding carboxylic acids is 1. The summed E-state index contributed by atoms with van der Waals surface area (Å²) in [6.45, 7) is 2.59. The Morgan fingerprint density at radius 2 is 1.95 bits per heavy atom. The van der Waals surface area contributed by atoms with Crippen molar-refractivity contribution in [3.8, 4) is 11.3 Å².